The van der Waals surface area contributed by atoms with E-state index >= 15 is 0 Å². The Morgan fingerprint density at radius 1 is 0.258 bits per heavy atom. The topological polar surface area (TPSA) is 305 Å². The van der Waals surface area contributed by atoms with Gasteiger partial charge in [-0.05, 0) is 26.2 Å². The molecular weight excluding hydrogens is 1180 g/mol. The van der Waals surface area contributed by atoms with Crippen LogP contribution in [0.4, 0.5) is 0 Å². The molecule has 29 heteroatoms. The van der Waals surface area contributed by atoms with Crippen molar-refractivity contribution in [2.45, 2.75) is 58.4 Å². The minimum Gasteiger partial charge on any atom is -0.481 e. The van der Waals surface area contributed by atoms with Crippen LogP contribution in [0, 0.1) is 0 Å². The van der Waals surface area contributed by atoms with Crippen molar-refractivity contribution >= 4 is 17.7 Å². The van der Waals surface area contributed by atoms with Crippen molar-refractivity contribution in [2.24, 2.45) is 0 Å². The molecule has 0 aliphatic carbocycles. The molecule has 1 atom stereocenters. The molecule has 0 saturated carbocycles. The van der Waals surface area contributed by atoms with Gasteiger partial charge in [-0.1, -0.05) is 6.92 Å². The van der Waals surface area contributed by atoms with Crippen LogP contribution in [0.3, 0.4) is 0 Å². The van der Waals surface area contributed by atoms with E-state index in [9.17, 15) is 14.4 Å². The third-order valence-corrected chi connectivity index (χ3v) is 11.3. The second kappa shape index (κ2) is 78.1. The molecule has 0 heterocycles. The highest BCUT2D eigenvalue weighted by Crippen LogP contribution is 2.06. The van der Waals surface area contributed by atoms with Gasteiger partial charge < -0.3 is 124 Å². The highest BCUT2D eigenvalue weighted by molar-refractivity contribution is 5.89. The number of carbonyl (C=O) groups is 3. The van der Waals surface area contributed by atoms with E-state index in [0.717, 1.165) is 0 Å². The zero-order chi connectivity index (χ0) is 64.2. The van der Waals surface area contributed by atoms with E-state index in [4.69, 9.17) is 119 Å². The fraction of sp³-hybridized carbons (Fsp3) is 0.950. The third kappa shape index (κ3) is 76.3. The lowest BCUT2D eigenvalue weighted by atomic mass is 10.0. The number of aliphatic carboxylic acids is 1. The normalized spacial score (nSPS) is 12.0. The first-order valence-corrected chi connectivity index (χ1v) is 31.9. The predicted octanol–water partition coefficient (Wildman–Crippen LogP) is 1.90. The molecule has 0 aromatic heterocycles. The highest BCUT2D eigenvalue weighted by Gasteiger charge is 2.21. The minimum absolute atomic E-state index is 0.0742. The van der Waals surface area contributed by atoms with Crippen LogP contribution in [-0.2, 0) is 128 Å². The molecule has 1 amide bonds. The summed E-state index contributed by atoms with van der Waals surface area (Å²) in [6.45, 7) is 26.9. The quantitative estimate of drug-likeness (QED) is 0.0822. The molecule has 0 aliphatic rings. The van der Waals surface area contributed by atoms with Crippen molar-refractivity contribution in [2.75, 3.05) is 317 Å². The maximum Gasteiger partial charge on any atom is 0.303 e. The Morgan fingerprint density at radius 2 is 0.438 bits per heavy atom. The molecule has 0 bridgehead atoms. The monoisotopic (exact) mass is 1300 g/mol. The number of amides is 1. The number of hydrogen-bond acceptors (Lipinski definition) is 27. The van der Waals surface area contributed by atoms with Gasteiger partial charge in [-0.2, -0.15) is 0 Å². The van der Waals surface area contributed by atoms with Gasteiger partial charge in [0.1, 0.15) is 0 Å². The molecule has 0 spiro atoms. The summed E-state index contributed by atoms with van der Waals surface area (Å²) in [7, 11) is 0. The number of carbonyl (C=O) groups excluding carboxylic acids is 2. The zero-order valence-electron chi connectivity index (χ0n) is 54.2. The van der Waals surface area contributed by atoms with Crippen LogP contribution in [0.2, 0.25) is 0 Å². The van der Waals surface area contributed by atoms with Crippen LogP contribution < -0.4 is 5.32 Å². The molecule has 0 aromatic carbocycles. The summed E-state index contributed by atoms with van der Waals surface area (Å²) in [4.78, 5) is 35.3. The maximum atomic E-state index is 12.5. The van der Waals surface area contributed by atoms with E-state index in [2.05, 4.69) is 5.32 Å². The van der Waals surface area contributed by atoms with Crippen molar-refractivity contribution in [3.63, 3.8) is 0 Å². The van der Waals surface area contributed by atoms with Gasteiger partial charge in [-0.25, -0.2) is 0 Å². The van der Waals surface area contributed by atoms with Crippen LogP contribution in [-0.4, -0.2) is 346 Å². The van der Waals surface area contributed by atoms with E-state index in [1.54, 1.807) is 0 Å². The van der Waals surface area contributed by atoms with Crippen LogP contribution in [0.1, 0.15) is 52.4 Å². The Morgan fingerprint density at radius 3 is 0.607 bits per heavy atom. The van der Waals surface area contributed by atoms with Crippen molar-refractivity contribution < 1.29 is 133 Å². The lowest BCUT2D eigenvalue weighted by Gasteiger charge is -2.17. The average Bonchev–Trinajstić information content (AvgIpc) is 3.72. The fourth-order valence-electron chi connectivity index (χ4n) is 6.80. The lowest BCUT2D eigenvalue weighted by molar-refractivity contribution is -0.137. The van der Waals surface area contributed by atoms with E-state index in [1.165, 1.54) is 0 Å². The summed E-state index contributed by atoms with van der Waals surface area (Å²) in [6.07, 6.45) is 1.49. The van der Waals surface area contributed by atoms with Crippen LogP contribution in [0.5, 0.6) is 0 Å². The molecule has 0 unspecified atom stereocenters. The van der Waals surface area contributed by atoms with E-state index in [1.807, 2.05) is 13.8 Å². The van der Waals surface area contributed by atoms with Gasteiger partial charge in [-0.15, -0.1) is 0 Å². The Kier molecular flexibility index (Phi) is 76.0. The Bertz CT molecular complexity index is 1400. The molecular formula is C60H117NO28. The average molecular weight is 1300 g/mol. The maximum absolute atomic E-state index is 12.5. The summed E-state index contributed by atoms with van der Waals surface area (Å²) in [5, 5.41) is 11.6. The van der Waals surface area contributed by atoms with Gasteiger partial charge >= 0.3 is 5.97 Å². The zero-order valence-corrected chi connectivity index (χ0v) is 54.2. The number of carboxylic acids is 1. The summed E-state index contributed by atoms with van der Waals surface area (Å²) in [6, 6.07) is -0.791. The summed E-state index contributed by atoms with van der Waals surface area (Å²) >= 11 is 0. The van der Waals surface area contributed by atoms with Crippen LogP contribution in [0.15, 0.2) is 0 Å². The number of hydrogen-bond donors (Lipinski definition) is 2. The van der Waals surface area contributed by atoms with Gasteiger partial charge in [-0.3, -0.25) is 14.4 Å². The molecule has 2 N–H and O–H groups in total. The SMILES string of the molecule is CCCC(=O)N[C@@H](CCC(=O)O)C(=O)CCCOCCOCCOCCOCCOCCOCCOCCOCCOCCOCCOCCOCCOCCOCCOCCOCCOCCOCCOCCOCCOCCOCCOCCOCC. The molecule has 89 heavy (non-hydrogen) atoms. The summed E-state index contributed by atoms with van der Waals surface area (Å²) in [5.41, 5.74) is 0. The molecule has 0 radical (unpaired) electrons. The third-order valence-electron chi connectivity index (χ3n) is 11.3. The second-order valence-electron chi connectivity index (χ2n) is 18.7. The Labute approximate surface area is 530 Å². The standard InChI is InChI=1S/C60H117NO28/c1-3-6-59(63)61-57(8-9-60(64)65)58(62)7-5-10-67-13-14-69-17-18-71-21-22-73-25-26-75-29-30-77-33-34-79-37-38-81-41-42-83-45-46-85-49-50-87-53-54-89-56-55-88-52-51-86-48-47-84-44-43-82-40-39-80-36-35-78-32-31-76-28-27-74-24-23-72-20-19-70-16-15-68-12-11-66-4-2/h57H,3-56H2,1-2H3,(H,61,63)(H,64,65)/t57-/m0/s1. The molecule has 29 nitrogen and oxygen atoms in total. The largest absolute Gasteiger partial charge is 0.481 e. The first-order chi connectivity index (χ1) is 44.0. The first kappa shape index (κ1) is 86.7. The van der Waals surface area contributed by atoms with Gasteiger partial charge in [0.25, 0.3) is 0 Å². The minimum atomic E-state index is -1.01. The molecule has 0 aliphatic heterocycles. The number of Topliss-reactive ketones (excluding diaryl/α,β-unsaturated/α-hetero) is 1. The summed E-state index contributed by atoms with van der Waals surface area (Å²) in [5.74, 6) is -1.45. The van der Waals surface area contributed by atoms with Gasteiger partial charge in [0.15, 0.2) is 5.78 Å². The molecule has 0 rings (SSSR count). The number of ether oxygens (including phenoxy) is 24. The Balaban J connectivity index is 3.17. The number of rotatable bonds is 81. The number of ketones is 1. The first-order valence-electron chi connectivity index (χ1n) is 31.9. The van der Waals surface area contributed by atoms with Crippen molar-refractivity contribution in [1.82, 2.24) is 5.32 Å². The highest BCUT2D eigenvalue weighted by atomic mass is 16.6. The molecule has 0 saturated heterocycles. The fourth-order valence-corrected chi connectivity index (χ4v) is 6.80. The smallest absolute Gasteiger partial charge is 0.303 e. The number of carboxylic acid groups (broad SMARTS) is 1. The van der Waals surface area contributed by atoms with Gasteiger partial charge in [0, 0.05) is 32.5 Å². The van der Waals surface area contributed by atoms with Gasteiger partial charge in [0.05, 0.1) is 310 Å². The van der Waals surface area contributed by atoms with Crippen LogP contribution >= 0.6 is 0 Å². The van der Waals surface area contributed by atoms with E-state index in [-0.39, 0.29) is 31.0 Å². The van der Waals surface area contributed by atoms with Crippen LogP contribution in [0.25, 0.3) is 0 Å². The predicted molar refractivity (Wildman–Crippen MR) is 323 cm³/mol. The van der Waals surface area contributed by atoms with Crippen molar-refractivity contribution in [3.05, 3.63) is 0 Å². The Hall–Kier alpha value is -2.35. The van der Waals surface area contributed by atoms with E-state index < -0.39 is 12.0 Å². The molecule has 530 valence electrons. The van der Waals surface area contributed by atoms with Crippen molar-refractivity contribution in [1.29, 1.82) is 0 Å². The number of nitrogens with one attached hydrogen (secondary N) is 1. The molecule has 0 aromatic rings. The van der Waals surface area contributed by atoms with Crippen molar-refractivity contribution in [3.8, 4) is 0 Å². The second-order valence-corrected chi connectivity index (χ2v) is 18.7. The molecule has 0 fully saturated rings. The lowest BCUT2D eigenvalue weighted by Crippen LogP contribution is -2.41. The summed E-state index contributed by atoms with van der Waals surface area (Å²) < 4.78 is 132. The van der Waals surface area contributed by atoms with E-state index in [0.29, 0.717) is 336 Å². The van der Waals surface area contributed by atoms with Gasteiger partial charge in [0.2, 0.25) is 5.91 Å².